The van der Waals surface area contributed by atoms with E-state index in [1.165, 1.54) is 29.8 Å². The number of hydrogen-bond donors (Lipinski definition) is 0. The van der Waals surface area contributed by atoms with Gasteiger partial charge in [-0.1, -0.05) is 28.1 Å². The summed E-state index contributed by atoms with van der Waals surface area (Å²) in [4.78, 5) is 11.9. The number of piperidine rings is 1. The Kier molecular flexibility index (Phi) is 4.89. The van der Waals surface area contributed by atoms with Crippen molar-refractivity contribution in [3.8, 4) is 0 Å². The van der Waals surface area contributed by atoms with Crippen molar-refractivity contribution in [2.24, 2.45) is 0 Å². The Hall–Kier alpha value is -1.26. The molecule has 1 aliphatic rings. The molecule has 3 nitrogen and oxygen atoms in total. The molecule has 0 bridgehead atoms. The minimum Gasteiger partial charge on any atom is -0.289 e. The fourth-order valence-corrected chi connectivity index (χ4v) is 3.73. The summed E-state index contributed by atoms with van der Waals surface area (Å²) in [5, 5.41) is 0.806. The lowest BCUT2D eigenvalue weighted by Crippen LogP contribution is -2.34. The summed E-state index contributed by atoms with van der Waals surface area (Å²) >= 11 is 3.50. The van der Waals surface area contributed by atoms with Gasteiger partial charge in [0.2, 0.25) is 0 Å². The topological polar surface area (TPSA) is 29.0 Å². The number of aromatic nitrogens is 2. The molecule has 1 aliphatic heterocycles. The molecule has 2 aromatic rings. The summed E-state index contributed by atoms with van der Waals surface area (Å²) in [5.74, 6) is 0. The molecule has 1 fully saturated rings. The molecule has 0 aromatic carbocycles. The summed E-state index contributed by atoms with van der Waals surface area (Å²) in [6.07, 6.45) is 5.46. The zero-order chi connectivity index (χ0) is 15.5. The Morgan fingerprint density at radius 3 is 2.77 bits per heavy atom. The van der Waals surface area contributed by atoms with Crippen LogP contribution in [0.4, 0.5) is 0 Å². The maximum Gasteiger partial charge on any atom is 0.0604 e. The normalized spacial score (nSPS) is 22.7. The second kappa shape index (κ2) is 6.88. The third-order valence-corrected chi connectivity index (χ3v) is 5.19. The minimum atomic E-state index is 0.374. The van der Waals surface area contributed by atoms with Crippen LogP contribution in [0.2, 0.25) is 0 Å². The monoisotopic (exact) mass is 359 g/mol. The van der Waals surface area contributed by atoms with Crippen LogP contribution in [-0.4, -0.2) is 21.9 Å². The van der Waals surface area contributed by atoms with Crippen LogP contribution in [-0.2, 0) is 5.33 Å². The standard InChI is InChI=1S/C18H22BrN3/c1-13-6-5-11-20-18(13)17-10-4-9-16(22(17)2)15-8-3-7-14(12-19)21-15/h3,5-8,11,16-17H,4,9-10,12H2,1-2H3. The third-order valence-electron chi connectivity index (χ3n) is 4.61. The lowest BCUT2D eigenvalue weighted by molar-refractivity contribution is 0.109. The van der Waals surface area contributed by atoms with Crippen LogP contribution < -0.4 is 0 Å². The first-order chi connectivity index (χ1) is 10.7. The molecule has 3 rings (SSSR count). The van der Waals surface area contributed by atoms with Gasteiger partial charge in [0, 0.05) is 11.5 Å². The van der Waals surface area contributed by atoms with Gasteiger partial charge in [-0.2, -0.15) is 0 Å². The largest absolute Gasteiger partial charge is 0.289 e. The summed E-state index contributed by atoms with van der Waals surface area (Å²) < 4.78 is 0. The Balaban J connectivity index is 1.89. The number of rotatable bonds is 3. The Morgan fingerprint density at radius 1 is 1.18 bits per heavy atom. The van der Waals surface area contributed by atoms with Crippen LogP contribution in [0.5, 0.6) is 0 Å². The van der Waals surface area contributed by atoms with Crippen molar-refractivity contribution in [1.29, 1.82) is 0 Å². The van der Waals surface area contributed by atoms with E-state index in [9.17, 15) is 0 Å². The SMILES string of the molecule is Cc1cccnc1C1CCCC(c2cccc(CBr)n2)N1C. The molecule has 0 amide bonds. The van der Waals surface area contributed by atoms with E-state index in [-0.39, 0.29) is 0 Å². The van der Waals surface area contributed by atoms with Crippen LogP contribution >= 0.6 is 15.9 Å². The Labute approximate surface area is 140 Å². The third kappa shape index (κ3) is 3.08. The van der Waals surface area contributed by atoms with Gasteiger partial charge in [-0.05, 0) is 57.0 Å². The van der Waals surface area contributed by atoms with Gasteiger partial charge in [0.25, 0.3) is 0 Å². The van der Waals surface area contributed by atoms with Crippen LogP contribution in [0.15, 0.2) is 36.5 Å². The second-order valence-corrected chi connectivity index (χ2v) is 6.58. The van der Waals surface area contributed by atoms with Crippen molar-refractivity contribution >= 4 is 15.9 Å². The first-order valence-electron chi connectivity index (χ1n) is 7.86. The van der Waals surface area contributed by atoms with Crippen molar-refractivity contribution in [3.63, 3.8) is 0 Å². The first kappa shape index (κ1) is 15.6. The van der Waals surface area contributed by atoms with Gasteiger partial charge in [-0.3, -0.25) is 14.9 Å². The van der Waals surface area contributed by atoms with Gasteiger partial charge in [-0.15, -0.1) is 0 Å². The maximum atomic E-state index is 4.81. The number of pyridine rings is 2. The highest BCUT2D eigenvalue weighted by Crippen LogP contribution is 2.39. The number of aryl methyl sites for hydroxylation is 1. The lowest BCUT2D eigenvalue weighted by Gasteiger charge is -2.39. The summed E-state index contributed by atoms with van der Waals surface area (Å²) in [5.41, 5.74) is 4.77. The molecule has 0 aliphatic carbocycles. The molecule has 4 heteroatoms. The van der Waals surface area contributed by atoms with E-state index in [1.54, 1.807) is 0 Å². The first-order valence-corrected chi connectivity index (χ1v) is 8.98. The molecule has 2 unspecified atom stereocenters. The summed E-state index contributed by atoms with van der Waals surface area (Å²) in [7, 11) is 2.21. The molecule has 0 N–H and O–H groups in total. The van der Waals surface area contributed by atoms with Crippen LogP contribution in [0, 0.1) is 6.92 Å². The molecule has 0 saturated carbocycles. The molecular formula is C18H22BrN3. The highest BCUT2D eigenvalue weighted by Gasteiger charge is 2.31. The molecular weight excluding hydrogens is 338 g/mol. The molecule has 116 valence electrons. The van der Waals surface area contributed by atoms with Gasteiger partial charge < -0.3 is 0 Å². The van der Waals surface area contributed by atoms with Gasteiger partial charge in [0.15, 0.2) is 0 Å². The van der Waals surface area contributed by atoms with Gasteiger partial charge in [-0.25, -0.2) is 0 Å². The van der Waals surface area contributed by atoms with Gasteiger partial charge in [0.1, 0.15) is 0 Å². The van der Waals surface area contributed by atoms with Crippen molar-refractivity contribution in [2.45, 2.75) is 43.6 Å². The van der Waals surface area contributed by atoms with Crippen molar-refractivity contribution in [3.05, 3.63) is 59.2 Å². The molecule has 1 saturated heterocycles. The van der Waals surface area contributed by atoms with Crippen LogP contribution in [0.25, 0.3) is 0 Å². The predicted molar refractivity (Wildman–Crippen MR) is 92.9 cm³/mol. The molecule has 0 radical (unpaired) electrons. The van der Waals surface area contributed by atoms with E-state index in [4.69, 9.17) is 4.98 Å². The molecule has 0 spiro atoms. The quantitative estimate of drug-likeness (QED) is 0.751. The predicted octanol–water partition coefficient (Wildman–Crippen LogP) is 4.58. The number of alkyl halides is 1. The smallest absolute Gasteiger partial charge is 0.0604 e. The highest BCUT2D eigenvalue weighted by atomic mass is 79.9. The van der Waals surface area contributed by atoms with E-state index in [1.807, 2.05) is 12.3 Å². The van der Waals surface area contributed by atoms with Crippen molar-refractivity contribution in [1.82, 2.24) is 14.9 Å². The minimum absolute atomic E-state index is 0.374. The van der Waals surface area contributed by atoms with E-state index in [2.05, 4.69) is 64.1 Å². The molecule has 2 aromatic heterocycles. The van der Waals surface area contributed by atoms with Crippen LogP contribution in [0.1, 0.15) is 54.0 Å². The number of halogens is 1. The summed E-state index contributed by atoms with van der Waals surface area (Å²) in [6.45, 7) is 2.16. The fraction of sp³-hybridized carbons (Fsp3) is 0.444. The zero-order valence-electron chi connectivity index (χ0n) is 13.2. The second-order valence-electron chi connectivity index (χ2n) is 6.02. The molecule has 2 atom stereocenters. The van der Waals surface area contributed by atoms with Crippen molar-refractivity contribution < 1.29 is 0 Å². The van der Waals surface area contributed by atoms with E-state index in [0.717, 1.165) is 17.4 Å². The number of hydrogen-bond acceptors (Lipinski definition) is 3. The van der Waals surface area contributed by atoms with E-state index >= 15 is 0 Å². The highest BCUT2D eigenvalue weighted by molar-refractivity contribution is 9.08. The van der Waals surface area contributed by atoms with Crippen molar-refractivity contribution in [2.75, 3.05) is 7.05 Å². The maximum absolute atomic E-state index is 4.81. The van der Waals surface area contributed by atoms with E-state index < -0.39 is 0 Å². The number of nitrogens with zero attached hydrogens (tertiary/aromatic N) is 3. The molecule has 3 heterocycles. The summed E-state index contributed by atoms with van der Waals surface area (Å²) in [6, 6.07) is 11.3. The lowest BCUT2D eigenvalue weighted by atomic mass is 9.90. The average molecular weight is 360 g/mol. The van der Waals surface area contributed by atoms with Crippen LogP contribution in [0.3, 0.4) is 0 Å². The Morgan fingerprint density at radius 2 is 2.00 bits per heavy atom. The van der Waals surface area contributed by atoms with Gasteiger partial charge >= 0.3 is 0 Å². The van der Waals surface area contributed by atoms with E-state index in [0.29, 0.717) is 12.1 Å². The average Bonchev–Trinajstić information content (AvgIpc) is 2.56. The van der Waals surface area contributed by atoms with Gasteiger partial charge in [0.05, 0.1) is 29.2 Å². The Bertz CT molecular complexity index is 644. The zero-order valence-corrected chi connectivity index (χ0v) is 14.8. The fourth-order valence-electron chi connectivity index (χ4n) is 3.42. The number of likely N-dealkylation sites (tertiary alicyclic amines) is 1. The molecule has 22 heavy (non-hydrogen) atoms.